The summed E-state index contributed by atoms with van der Waals surface area (Å²) < 4.78 is 0. The number of amides is 1. The average Bonchev–Trinajstić information content (AvgIpc) is 2.85. The molecule has 0 saturated heterocycles. The molecule has 0 heterocycles. The Morgan fingerprint density at radius 2 is 2.16 bits per heavy atom. The van der Waals surface area contributed by atoms with Gasteiger partial charge in [0.05, 0.1) is 12.5 Å². The van der Waals surface area contributed by atoms with Crippen molar-refractivity contribution >= 4 is 5.91 Å². The molecule has 0 fully saturated rings. The molecular weight excluding hydrogens is 236 g/mol. The molecular formula is C16H20N2O. The number of benzene rings is 1. The fraction of sp³-hybridized carbons (Fsp3) is 0.500. The molecule has 0 aromatic heterocycles. The van der Waals surface area contributed by atoms with Crippen molar-refractivity contribution in [1.82, 2.24) is 5.32 Å². The lowest BCUT2D eigenvalue weighted by Gasteiger charge is -2.21. The number of nitrogens with zero attached hydrogens (tertiary/aromatic N) is 1. The lowest BCUT2D eigenvalue weighted by molar-refractivity contribution is -0.121. The standard InChI is InChI=1S/C16H20N2O/c1-3-16(2,11-17)18-15(19)10-12-7-8-13-5-4-6-14(13)9-12/h7-9H,3-6,10H2,1-2H3,(H,18,19). The lowest BCUT2D eigenvalue weighted by Crippen LogP contribution is -2.44. The molecule has 0 aliphatic heterocycles. The van der Waals surface area contributed by atoms with Gasteiger partial charge in [0, 0.05) is 0 Å². The predicted octanol–water partition coefficient (Wildman–Crippen LogP) is 2.53. The van der Waals surface area contributed by atoms with E-state index in [4.69, 9.17) is 5.26 Å². The van der Waals surface area contributed by atoms with Gasteiger partial charge in [-0.25, -0.2) is 0 Å². The van der Waals surface area contributed by atoms with E-state index in [1.54, 1.807) is 6.92 Å². The van der Waals surface area contributed by atoms with Crippen LogP contribution in [-0.4, -0.2) is 11.4 Å². The van der Waals surface area contributed by atoms with Crippen LogP contribution in [-0.2, 0) is 24.1 Å². The summed E-state index contributed by atoms with van der Waals surface area (Å²) >= 11 is 0. The smallest absolute Gasteiger partial charge is 0.225 e. The van der Waals surface area contributed by atoms with E-state index in [2.05, 4.69) is 23.5 Å². The zero-order valence-corrected chi connectivity index (χ0v) is 11.6. The Morgan fingerprint density at radius 3 is 2.84 bits per heavy atom. The second-order valence-electron chi connectivity index (χ2n) is 5.48. The highest BCUT2D eigenvalue weighted by molar-refractivity contribution is 5.79. The van der Waals surface area contributed by atoms with Gasteiger partial charge in [-0.3, -0.25) is 4.79 Å². The molecule has 1 amide bonds. The van der Waals surface area contributed by atoms with Crippen LogP contribution < -0.4 is 5.32 Å². The van der Waals surface area contributed by atoms with Crippen LogP contribution in [0, 0.1) is 11.3 Å². The molecule has 1 atom stereocenters. The highest BCUT2D eigenvalue weighted by Gasteiger charge is 2.23. The molecule has 0 spiro atoms. The van der Waals surface area contributed by atoms with Crippen molar-refractivity contribution in [3.63, 3.8) is 0 Å². The van der Waals surface area contributed by atoms with Gasteiger partial charge < -0.3 is 5.32 Å². The summed E-state index contributed by atoms with van der Waals surface area (Å²) in [7, 11) is 0. The van der Waals surface area contributed by atoms with E-state index >= 15 is 0 Å². The van der Waals surface area contributed by atoms with Crippen LogP contribution in [0.25, 0.3) is 0 Å². The number of rotatable bonds is 4. The molecule has 0 radical (unpaired) electrons. The molecule has 1 N–H and O–H groups in total. The molecule has 1 aliphatic rings. The summed E-state index contributed by atoms with van der Waals surface area (Å²) in [5, 5.41) is 11.9. The fourth-order valence-electron chi connectivity index (χ4n) is 2.47. The minimum Gasteiger partial charge on any atom is -0.338 e. The normalized spacial score (nSPS) is 16.3. The van der Waals surface area contributed by atoms with Crippen molar-refractivity contribution in [2.45, 2.75) is 51.5 Å². The third-order valence-electron chi connectivity index (χ3n) is 3.90. The van der Waals surface area contributed by atoms with Gasteiger partial charge in [0.15, 0.2) is 0 Å². The van der Waals surface area contributed by atoms with E-state index in [0.29, 0.717) is 12.8 Å². The van der Waals surface area contributed by atoms with Crippen molar-refractivity contribution in [2.75, 3.05) is 0 Å². The molecule has 0 saturated carbocycles. The highest BCUT2D eigenvalue weighted by Crippen LogP contribution is 2.23. The number of nitriles is 1. The van der Waals surface area contributed by atoms with Crippen LogP contribution in [0.1, 0.15) is 43.4 Å². The first-order valence-electron chi connectivity index (χ1n) is 6.89. The van der Waals surface area contributed by atoms with Crippen molar-refractivity contribution < 1.29 is 4.79 Å². The van der Waals surface area contributed by atoms with E-state index in [1.165, 1.54) is 17.5 Å². The van der Waals surface area contributed by atoms with E-state index in [-0.39, 0.29) is 5.91 Å². The van der Waals surface area contributed by atoms with Gasteiger partial charge in [-0.1, -0.05) is 25.1 Å². The maximum atomic E-state index is 12.0. The van der Waals surface area contributed by atoms with Gasteiger partial charge in [-0.15, -0.1) is 0 Å². The van der Waals surface area contributed by atoms with Crippen molar-refractivity contribution in [1.29, 1.82) is 5.26 Å². The Balaban J connectivity index is 2.02. The number of hydrogen-bond acceptors (Lipinski definition) is 2. The van der Waals surface area contributed by atoms with Gasteiger partial charge in [0.25, 0.3) is 0 Å². The van der Waals surface area contributed by atoms with Gasteiger partial charge >= 0.3 is 0 Å². The minimum absolute atomic E-state index is 0.0798. The monoisotopic (exact) mass is 256 g/mol. The number of carbonyl (C=O) groups is 1. The summed E-state index contributed by atoms with van der Waals surface area (Å²) in [5.41, 5.74) is 3.08. The zero-order chi connectivity index (χ0) is 13.9. The van der Waals surface area contributed by atoms with Crippen LogP contribution in [0.4, 0.5) is 0 Å². The second kappa shape index (κ2) is 5.44. The van der Waals surface area contributed by atoms with Crippen molar-refractivity contribution in [3.05, 3.63) is 34.9 Å². The largest absolute Gasteiger partial charge is 0.338 e. The topological polar surface area (TPSA) is 52.9 Å². The maximum absolute atomic E-state index is 12.0. The first-order valence-corrected chi connectivity index (χ1v) is 6.89. The van der Waals surface area contributed by atoms with Crippen LogP contribution in [0.3, 0.4) is 0 Å². The number of hydrogen-bond donors (Lipinski definition) is 1. The first-order chi connectivity index (χ1) is 9.06. The summed E-state index contributed by atoms with van der Waals surface area (Å²) in [6.07, 6.45) is 4.46. The Hall–Kier alpha value is -1.82. The van der Waals surface area contributed by atoms with Gasteiger partial charge in [0.2, 0.25) is 5.91 Å². The van der Waals surface area contributed by atoms with Crippen molar-refractivity contribution in [2.24, 2.45) is 0 Å². The zero-order valence-electron chi connectivity index (χ0n) is 11.6. The molecule has 2 rings (SSSR count). The fourth-order valence-corrected chi connectivity index (χ4v) is 2.47. The molecule has 1 aliphatic carbocycles. The summed E-state index contributed by atoms with van der Waals surface area (Å²) in [5.74, 6) is -0.0798. The van der Waals surface area contributed by atoms with E-state index in [1.807, 2.05) is 13.0 Å². The number of carbonyl (C=O) groups excluding carboxylic acids is 1. The second-order valence-corrected chi connectivity index (χ2v) is 5.48. The van der Waals surface area contributed by atoms with Crippen LogP contribution in [0.15, 0.2) is 18.2 Å². The highest BCUT2D eigenvalue weighted by atomic mass is 16.1. The summed E-state index contributed by atoms with van der Waals surface area (Å²) in [6, 6.07) is 8.45. The maximum Gasteiger partial charge on any atom is 0.225 e. The number of nitrogens with one attached hydrogen (secondary N) is 1. The molecule has 100 valence electrons. The SMILES string of the molecule is CCC(C)(C#N)NC(=O)Cc1ccc2c(c1)CCC2. The van der Waals surface area contributed by atoms with Crippen LogP contribution in [0.2, 0.25) is 0 Å². The first kappa shape index (κ1) is 13.6. The van der Waals surface area contributed by atoms with E-state index in [9.17, 15) is 4.79 Å². The number of fused-ring (bicyclic) bond motifs is 1. The van der Waals surface area contributed by atoms with Gasteiger partial charge in [0.1, 0.15) is 5.54 Å². The molecule has 1 aromatic carbocycles. The average molecular weight is 256 g/mol. The molecule has 1 unspecified atom stereocenters. The lowest BCUT2D eigenvalue weighted by atomic mass is 9.99. The molecule has 3 heteroatoms. The van der Waals surface area contributed by atoms with Gasteiger partial charge in [-0.05, 0) is 49.3 Å². The number of aryl methyl sites for hydroxylation is 2. The Labute approximate surface area is 114 Å². The van der Waals surface area contributed by atoms with Crippen LogP contribution >= 0.6 is 0 Å². The summed E-state index contributed by atoms with van der Waals surface area (Å²) in [6.45, 7) is 3.66. The third-order valence-corrected chi connectivity index (χ3v) is 3.90. The Bertz CT molecular complexity index is 530. The third kappa shape index (κ3) is 3.14. The van der Waals surface area contributed by atoms with E-state index < -0.39 is 5.54 Å². The van der Waals surface area contributed by atoms with Crippen LogP contribution in [0.5, 0.6) is 0 Å². The van der Waals surface area contributed by atoms with E-state index in [0.717, 1.165) is 18.4 Å². The quantitative estimate of drug-likeness (QED) is 0.900. The molecule has 19 heavy (non-hydrogen) atoms. The van der Waals surface area contributed by atoms with Crippen molar-refractivity contribution in [3.8, 4) is 6.07 Å². The Morgan fingerprint density at radius 1 is 1.42 bits per heavy atom. The molecule has 1 aromatic rings. The van der Waals surface area contributed by atoms with Gasteiger partial charge in [-0.2, -0.15) is 5.26 Å². The molecule has 3 nitrogen and oxygen atoms in total. The summed E-state index contributed by atoms with van der Waals surface area (Å²) in [4.78, 5) is 12.0. The minimum atomic E-state index is -0.756. The molecule has 0 bridgehead atoms. The Kier molecular flexibility index (Phi) is 3.90. The predicted molar refractivity (Wildman–Crippen MR) is 74.6 cm³/mol.